The smallest absolute Gasteiger partial charge is 0.812 e. The SMILES string of the molecule is CNc1cc(C)c(CCS(=O)(=O)N2CCC3(CC2)N=C(C2CCC(=C(F)F)CC2)NC3=O)c(C)c1.Cc1cc(N(C)C(N)=O)cc(C)c1CCS(=O)(=O)N1CCC2(CC1)N=C(C1CCC(=C(F)F)CC1)NC2=O.N#C[O-].[Na+]. The third-order valence-corrected chi connectivity index (χ3v) is 19.7. The summed E-state index contributed by atoms with van der Waals surface area (Å²) in [5.41, 5.74) is 11.3. The maximum Gasteiger partial charge on any atom is 1.00 e. The molecule has 4 aliphatic heterocycles. The summed E-state index contributed by atoms with van der Waals surface area (Å²) in [6.07, 6.45) is 2.61. The first kappa shape index (κ1) is 62.9. The quantitative estimate of drug-likeness (QED) is 0.137. The molecular formula is C52H69F4N10NaO8S2. The average molecular weight is 1130 g/mol. The Morgan fingerprint density at radius 2 is 1.05 bits per heavy atom. The molecule has 2 aliphatic carbocycles. The maximum atomic E-state index is 13.2. The molecule has 0 radical (unpaired) electrons. The summed E-state index contributed by atoms with van der Waals surface area (Å²) in [5.74, 6) is 0.559. The number of hydrogen-bond donors (Lipinski definition) is 4. The molecule has 2 aromatic rings. The van der Waals surface area contributed by atoms with Gasteiger partial charge in [-0.2, -0.15) is 17.6 Å². The molecule has 5 N–H and O–H groups in total. The van der Waals surface area contributed by atoms with E-state index in [9.17, 15) is 48.8 Å². The molecule has 8 rings (SSSR count). The largest absolute Gasteiger partial charge is 1.00 e. The standard InChI is InChI=1S/C26H35F2N5O4S.C25H34F2N4O3S.CHNO.Na/c1-16-14-20(32(3)25(29)35)15-17(2)21(16)8-13-38(36,37)33-11-9-26(10-12-33)24(34)30-23(31-26)19-6-4-18(5-7-19)22(27)28;1-16-14-20(28-3)15-17(2)21(16)8-13-35(33,34)31-11-9-25(10-12-31)24(32)29-23(30-25)19-6-4-18(5-7-19)22(26)27;2-1-3;/h14-15,19H,4-13H2,1-3H3,(H2,29,35)(H,30,31,34);14-15,19,28H,4-13H2,1-3H3,(H,29,30,32);3H;/q;;;+1/p-1. The number of carbonyl (C=O) groups excluding carboxylic acids is 3. The zero-order valence-corrected chi connectivity index (χ0v) is 48.6. The van der Waals surface area contributed by atoms with Crippen LogP contribution in [0, 0.1) is 51.0 Å². The van der Waals surface area contributed by atoms with Crippen molar-refractivity contribution >= 4 is 60.9 Å². The number of hydrogen-bond acceptors (Lipinski definition) is 12. The van der Waals surface area contributed by atoms with E-state index in [4.69, 9.17) is 26.1 Å². The van der Waals surface area contributed by atoms with Crippen LogP contribution in [0.2, 0.25) is 0 Å². The summed E-state index contributed by atoms with van der Waals surface area (Å²) < 4.78 is 107. The Balaban J connectivity index is 0.000000268. The van der Waals surface area contributed by atoms with E-state index >= 15 is 0 Å². The zero-order chi connectivity index (χ0) is 55.9. The summed E-state index contributed by atoms with van der Waals surface area (Å²) in [5, 5.41) is 23.9. The molecular weight excluding hydrogens is 1060 g/mol. The number of aliphatic imine (C=N–C) groups is 2. The van der Waals surface area contributed by atoms with Gasteiger partial charge in [0.1, 0.15) is 22.7 Å². The van der Waals surface area contributed by atoms with Crippen molar-refractivity contribution in [3.63, 3.8) is 0 Å². The van der Waals surface area contributed by atoms with E-state index in [1.54, 1.807) is 7.05 Å². The van der Waals surface area contributed by atoms with E-state index in [0.29, 0.717) is 101 Å². The summed E-state index contributed by atoms with van der Waals surface area (Å²) in [7, 11) is -3.62. The van der Waals surface area contributed by atoms with Gasteiger partial charge in [-0.15, -0.1) is 0 Å². The maximum absolute atomic E-state index is 13.2. The fraction of sp³-hybridized carbons (Fsp3) is 0.577. The van der Waals surface area contributed by atoms with Crippen molar-refractivity contribution in [2.45, 2.75) is 129 Å². The molecule has 0 bridgehead atoms. The predicted molar refractivity (Wildman–Crippen MR) is 281 cm³/mol. The number of rotatable bonds is 12. The number of aryl methyl sites for hydroxylation is 4. The second kappa shape index (κ2) is 26.4. The number of anilines is 2. The van der Waals surface area contributed by atoms with Crippen molar-refractivity contribution in [3.05, 3.63) is 81.0 Å². The van der Waals surface area contributed by atoms with E-state index in [0.717, 1.165) is 39.1 Å². The van der Waals surface area contributed by atoms with Crippen molar-refractivity contribution in [2.75, 3.05) is 62.0 Å². The van der Waals surface area contributed by atoms with E-state index in [1.165, 1.54) is 13.5 Å². The molecule has 4 fully saturated rings. The predicted octanol–water partition coefficient (Wildman–Crippen LogP) is 3.15. The van der Waals surface area contributed by atoms with E-state index in [1.807, 2.05) is 59.0 Å². The fourth-order valence-electron chi connectivity index (χ4n) is 11.2. The molecule has 4 heterocycles. The van der Waals surface area contributed by atoms with Crippen LogP contribution in [0.1, 0.15) is 110 Å². The van der Waals surface area contributed by atoms with Gasteiger partial charge in [-0.3, -0.25) is 24.5 Å². The molecule has 2 saturated heterocycles. The number of halogens is 4. The number of piperidine rings is 2. The molecule has 6 aliphatic rings. The van der Waals surface area contributed by atoms with Crippen LogP contribution in [0.15, 0.2) is 57.6 Å². The Bertz CT molecular complexity index is 2900. The Hall–Kier alpha value is -4.90. The molecule has 0 unspecified atom stereocenters. The Morgan fingerprint density at radius 3 is 1.35 bits per heavy atom. The Morgan fingerprint density at radius 1 is 0.727 bits per heavy atom. The number of urea groups is 1. The molecule has 4 amide bonds. The molecule has 416 valence electrons. The minimum Gasteiger partial charge on any atom is -0.812 e. The average Bonchev–Trinajstić information content (AvgIpc) is 3.87. The first-order valence-electron chi connectivity index (χ1n) is 25.6. The summed E-state index contributed by atoms with van der Waals surface area (Å²) in [6.45, 7) is 8.61. The number of amidine groups is 2. The van der Waals surface area contributed by atoms with Gasteiger partial charge in [-0.25, -0.2) is 35.5 Å². The number of amides is 4. The van der Waals surface area contributed by atoms with Crippen molar-refractivity contribution in [3.8, 4) is 6.26 Å². The van der Waals surface area contributed by atoms with Crippen LogP contribution in [0.3, 0.4) is 0 Å². The molecule has 0 atom stereocenters. The van der Waals surface area contributed by atoms with Gasteiger partial charge in [0.25, 0.3) is 24.0 Å². The summed E-state index contributed by atoms with van der Waals surface area (Å²) in [6, 6.07) is 7.09. The van der Waals surface area contributed by atoms with Gasteiger partial charge in [0.2, 0.25) is 20.0 Å². The van der Waals surface area contributed by atoms with Crippen LogP contribution >= 0.6 is 0 Å². The van der Waals surface area contributed by atoms with Gasteiger partial charge in [0, 0.05) is 69.7 Å². The van der Waals surface area contributed by atoms with E-state index in [2.05, 4.69) is 16.0 Å². The van der Waals surface area contributed by atoms with Crippen LogP contribution in [-0.2, 0) is 42.5 Å². The molecule has 0 aromatic heterocycles. The minimum absolute atomic E-state index is 0. The first-order chi connectivity index (χ1) is 35.8. The number of benzene rings is 2. The second-order valence-electron chi connectivity index (χ2n) is 20.6. The van der Waals surface area contributed by atoms with Crippen LogP contribution < -0.4 is 61.2 Å². The number of nitrogens with zero attached hydrogens (tertiary/aromatic N) is 6. The van der Waals surface area contributed by atoms with Gasteiger partial charge in [-0.05, 0) is 186 Å². The topological polar surface area (TPSA) is 263 Å². The normalized spacial score (nSPS) is 21.2. The molecule has 2 saturated carbocycles. The van der Waals surface area contributed by atoms with Crippen molar-refractivity contribution in [2.24, 2.45) is 27.6 Å². The van der Waals surface area contributed by atoms with Gasteiger partial charge in [0.15, 0.2) is 0 Å². The van der Waals surface area contributed by atoms with Crippen LogP contribution in [0.4, 0.5) is 33.7 Å². The van der Waals surface area contributed by atoms with Crippen LogP contribution in [0.5, 0.6) is 0 Å². The third kappa shape index (κ3) is 14.9. The number of allylic oxidation sites excluding steroid dienone is 2. The fourth-order valence-corrected chi connectivity index (χ4v) is 14.1. The minimum atomic E-state index is -3.57. The third-order valence-electron chi connectivity index (χ3n) is 16.0. The van der Waals surface area contributed by atoms with Gasteiger partial charge in [0.05, 0.1) is 11.5 Å². The Labute approximate surface area is 471 Å². The number of nitrogens with two attached hydrogens (primary N) is 1. The number of nitriles is 1. The number of nitrogens with one attached hydrogen (secondary N) is 3. The summed E-state index contributed by atoms with van der Waals surface area (Å²) >= 11 is 0. The van der Waals surface area contributed by atoms with Gasteiger partial charge >= 0.3 is 35.6 Å². The zero-order valence-electron chi connectivity index (χ0n) is 45.0. The second-order valence-corrected chi connectivity index (χ2v) is 24.7. The van der Waals surface area contributed by atoms with Crippen molar-refractivity contribution in [1.82, 2.24) is 19.2 Å². The number of carbonyl (C=O) groups is 3. The first-order valence-corrected chi connectivity index (χ1v) is 28.8. The molecule has 77 heavy (non-hydrogen) atoms. The monoisotopic (exact) mass is 1120 g/mol. The van der Waals surface area contributed by atoms with E-state index in [-0.39, 0.29) is 115 Å². The number of primary amides is 1. The molecule has 25 heteroatoms. The molecule has 2 spiro atoms. The van der Waals surface area contributed by atoms with Gasteiger partial charge < -0.3 is 26.8 Å². The van der Waals surface area contributed by atoms with Crippen molar-refractivity contribution in [1.29, 1.82) is 5.26 Å². The summed E-state index contributed by atoms with van der Waals surface area (Å²) in [4.78, 5) is 48.0. The number of sulfonamides is 2. The molecule has 18 nitrogen and oxygen atoms in total. The molecule has 2 aromatic carbocycles. The van der Waals surface area contributed by atoms with Crippen molar-refractivity contribution < 1.29 is 83.4 Å². The Kier molecular flexibility index (Phi) is 21.6. The van der Waals surface area contributed by atoms with E-state index < -0.39 is 49.3 Å². The van der Waals surface area contributed by atoms with Gasteiger partial charge in [-0.1, -0.05) is 0 Å². The van der Waals surface area contributed by atoms with Crippen LogP contribution in [0.25, 0.3) is 0 Å². The van der Waals surface area contributed by atoms with Crippen LogP contribution in [-0.4, -0.2) is 118 Å².